The maximum atomic E-state index is 13.8. The van der Waals surface area contributed by atoms with Gasteiger partial charge in [-0.3, -0.25) is 24.1 Å². The summed E-state index contributed by atoms with van der Waals surface area (Å²) in [6.45, 7) is 2.53. The van der Waals surface area contributed by atoms with Crippen molar-refractivity contribution < 1.29 is 14.3 Å². The third-order valence-electron chi connectivity index (χ3n) is 8.18. The predicted octanol–water partition coefficient (Wildman–Crippen LogP) is 7.44. The zero-order valence-electron chi connectivity index (χ0n) is 26.1. The van der Waals surface area contributed by atoms with Gasteiger partial charge < -0.3 is 10.1 Å². The molecule has 0 aliphatic carbocycles. The molecule has 7 rings (SSSR count). The second-order valence-electron chi connectivity index (χ2n) is 11.4. The smallest absolute Gasteiger partial charge is 0.306 e. The highest BCUT2D eigenvalue weighted by atomic mass is 35.5. The van der Waals surface area contributed by atoms with Crippen LogP contribution in [-0.4, -0.2) is 37.3 Å². The van der Waals surface area contributed by atoms with Crippen LogP contribution in [0.15, 0.2) is 102 Å². The van der Waals surface area contributed by atoms with Crippen molar-refractivity contribution in [1.29, 1.82) is 0 Å². The van der Waals surface area contributed by atoms with Crippen LogP contribution in [0.3, 0.4) is 0 Å². The van der Waals surface area contributed by atoms with E-state index in [1.807, 2.05) is 89.5 Å². The molecule has 0 bridgehead atoms. The first-order valence-corrected chi connectivity index (χ1v) is 16.9. The summed E-state index contributed by atoms with van der Waals surface area (Å²) in [4.78, 5) is 37.4. The topological polar surface area (TPSA) is 111 Å². The van der Waals surface area contributed by atoms with Gasteiger partial charge in [-0.05, 0) is 42.7 Å². The number of para-hydroxylation sites is 1. The average Bonchev–Trinajstić information content (AvgIpc) is 3.71. The van der Waals surface area contributed by atoms with Gasteiger partial charge in [-0.15, -0.1) is 21.5 Å². The van der Waals surface area contributed by atoms with Crippen LogP contribution in [0.5, 0.6) is 0 Å². The number of esters is 1. The van der Waals surface area contributed by atoms with Crippen LogP contribution in [0.4, 0.5) is 0 Å². The van der Waals surface area contributed by atoms with Crippen molar-refractivity contribution in [1.82, 2.24) is 25.1 Å². The fourth-order valence-electron chi connectivity index (χ4n) is 5.71. The van der Waals surface area contributed by atoms with Crippen LogP contribution >= 0.6 is 22.9 Å². The standard InChI is InChI=1S/C37H31ClN6O3S/c1-2-26-19-28-34(27-13-7-8-14-29(27)38)40-21-32-42-43-35(44(32)37(28)48-26)31(16-17-33(45)47-22-23-10-4-3-5-11-23)41-36(46)25-18-24-12-6-9-15-30(24)39-20-25/h3-15,18-20,31H,2,16-17,21-22H2,1H3,(H,41,46)/t31-/m1/s1. The van der Waals surface area contributed by atoms with E-state index in [1.54, 1.807) is 17.5 Å². The number of rotatable bonds is 10. The number of nitrogens with one attached hydrogen (secondary N) is 1. The quantitative estimate of drug-likeness (QED) is 0.151. The van der Waals surface area contributed by atoms with Crippen LogP contribution < -0.4 is 5.32 Å². The molecule has 9 nitrogen and oxygen atoms in total. The maximum Gasteiger partial charge on any atom is 0.306 e. The van der Waals surface area contributed by atoms with Crippen LogP contribution in [-0.2, 0) is 29.1 Å². The van der Waals surface area contributed by atoms with Crippen molar-refractivity contribution in [2.45, 2.75) is 45.4 Å². The molecule has 6 aromatic rings. The molecule has 3 aromatic carbocycles. The van der Waals surface area contributed by atoms with Crippen molar-refractivity contribution in [3.05, 3.63) is 141 Å². The fourth-order valence-corrected chi connectivity index (χ4v) is 7.06. The summed E-state index contributed by atoms with van der Waals surface area (Å²) in [5, 5.41) is 14.6. The number of pyridine rings is 1. The summed E-state index contributed by atoms with van der Waals surface area (Å²) in [5.41, 5.74) is 4.60. The van der Waals surface area contributed by atoms with Crippen molar-refractivity contribution >= 4 is 51.4 Å². The van der Waals surface area contributed by atoms with Crippen molar-refractivity contribution in [3.63, 3.8) is 0 Å². The molecule has 1 atom stereocenters. The minimum absolute atomic E-state index is 0.0504. The van der Waals surface area contributed by atoms with E-state index in [0.717, 1.165) is 49.6 Å². The van der Waals surface area contributed by atoms with Gasteiger partial charge in [-0.25, -0.2) is 0 Å². The Balaban J connectivity index is 1.23. The SMILES string of the molecule is CCc1cc2c(s1)-n1c(nnc1[C@@H](CCC(=O)OCc1ccccc1)NC(=O)c1cnc3ccccc3c1)CN=C2c1ccccc1Cl. The zero-order chi connectivity index (χ0) is 33.0. The minimum Gasteiger partial charge on any atom is -0.461 e. The number of carbonyl (C=O) groups is 2. The predicted molar refractivity (Wildman–Crippen MR) is 187 cm³/mol. The number of aryl methyl sites for hydroxylation is 1. The summed E-state index contributed by atoms with van der Waals surface area (Å²) in [6.07, 6.45) is 2.66. The number of benzene rings is 3. The minimum atomic E-state index is -0.684. The molecular formula is C37H31ClN6O3S. The molecular weight excluding hydrogens is 644 g/mol. The van der Waals surface area contributed by atoms with E-state index in [2.05, 4.69) is 33.5 Å². The van der Waals surface area contributed by atoms with Gasteiger partial charge in [0.05, 0.1) is 22.8 Å². The number of thiophene rings is 1. The number of aliphatic imine (C=N–C) groups is 1. The number of ether oxygens (including phenoxy) is 1. The van der Waals surface area contributed by atoms with Gasteiger partial charge in [0.1, 0.15) is 18.2 Å². The van der Waals surface area contributed by atoms with Gasteiger partial charge in [0, 0.05) is 39.0 Å². The molecule has 11 heteroatoms. The van der Waals surface area contributed by atoms with E-state index in [1.165, 1.54) is 0 Å². The highest BCUT2D eigenvalue weighted by Crippen LogP contribution is 2.36. The van der Waals surface area contributed by atoms with Crippen LogP contribution in [0.1, 0.15) is 69.4 Å². The molecule has 48 heavy (non-hydrogen) atoms. The number of nitrogens with zero attached hydrogens (tertiary/aromatic N) is 5. The third-order valence-corrected chi connectivity index (χ3v) is 9.78. The molecule has 1 aliphatic rings. The molecule has 240 valence electrons. The van der Waals surface area contributed by atoms with Gasteiger partial charge in [0.2, 0.25) is 0 Å². The van der Waals surface area contributed by atoms with Crippen molar-refractivity contribution in [2.24, 2.45) is 4.99 Å². The van der Waals surface area contributed by atoms with E-state index >= 15 is 0 Å². The number of hydrogen-bond acceptors (Lipinski definition) is 8. The highest BCUT2D eigenvalue weighted by molar-refractivity contribution is 7.15. The number of fused-ring (bicyclic) bond motifs is 4. The molecule has 0 unspecified atom stereocenters. The largest absolute Gasteiger partial charge is 0.461 e. The molecule has 0 saturated carbocycles. The van der Waals surface area contributed by atoms with Crippen molar-refractivity contribution in [2.75, 3.05) is 0 Å². The Labute approximate surface area is 286 Å². The number of halogens is 1. The zero-order valence-corrected chi connectivity index (χ0v) is 27.7. The summed E-state index contributed by atoms with van der Waals surface area (Å²) in [5.74, 6) is 0.409. The maximum absolute atomic E-state index is 13.8. The average molecular weight is 675 g/mol. The number of hydrogen-bond donors (Lipinski definition) is 1. The first kappa shape index (κ1) is 31.4. The molecule has 0 spiro atoms. The number of amides is 1. The van der Waals surface area contributed by atoms with Gasteiger partial charge in [-0.1, -0.05) is 85.3 Å². The lowest BCUT2D eigenvalue weighted by Crippen LogP contribution is -2.31. The summed E-state index contributed by atoms with van der Waals surface area (Å²) >= 11 is 8.29. The normalized spacial score (nSPS) is 12.8. The molecule has 0 radical (unpaired) electrons. The molecule has 1 N–H and O–H groups in total. The van der Waals surface area contributed by atoms with Crippen molar-refractivity contribution in [3.8, 4) is 5.00 Å². The number of aromatic nitrogens is 4. The Kier molecular flexibility index (Phi) is 9.09. The van der Waals surface area contributed by atoms with E-state index in [0.29, 0.717) is 22.2 Å². The Morgan fingerprint density at radius 2 is 1.77 bits per heavy atom. The highest BCUT2D eigenvalue weighted by Gasteiger charge is 2.31. The second kappa shape index (κ2) is 13.9. The van der Waals surface area contributed by atoms with Crippen LogP contribution in [0, 0.1) is 0 Å². The Morgan fingerprint density at radius 1 is 0.979 bits per heavy atom. The van der Waals surface area contributed by atoms with Gasteiger partial charge in [-0.2, -0.15) is 0 Å². The van der Waals surface area contributed by atoms with Gasteiger partial charge in [0.15, 0.2) is 11.6 Å². The molecule has 3 aromatic heterocycles. The Morgan fingerprint density at radius 3 is 2.60 bits per heavy atom. The fraction of sp³-hybridized carbons (Fsp3) is 0.189. The molecule has 0 fully saturated rings. The molecule has 4 heterocycles. The number of carbonyl (C=O) groups excluding carboxylic acids is 2. The lowest BCUT2D eigenvalue weighted by atomic mass is 10.0. The van der Waals surface area contributed by atoms with E-state index in [9.17, 15) is 9.59 Å². The van der Waals surface area contributed by atoms with E-state index in [-0.39, 0.29) is 37.9 Å². The monoisotopic (exact) mass is 674 g/mol. The Hall–Kier alpha value is -5.19. The first-order chi connectivity index (χ1) is 23.5. The third kappa shape index (κ3) is 6.49. The lowest BCUT2D eigenvalue weighted by molar-refractivity contribution is -0.145. The van der Waals surface area contributed by atoms with E-state index in [4.69, 9.17) is 21.3 Å². The summed E-state index contributed by atoms with van der Waals surface area (Å²) in [6, 6.07) is 28.1. The van der Waals surface area contributed by atoms with Crippen LogP contribution in [0.2, 0.25) is 5.02 Å². The second-order valence-corrected chi connectivity index (χ2v) is 12.9. The summed E-state index contributed by atoms with van der Waals surface area (Å²) in [7, 11) is 0. The Bertz CT molecular complexity index is 2160. The van der Waals surface area contributed by atoms with E-state index < -0.39 is 6.04 Å². The van der Waals surface area contributed by atoms with Gasteiger partial charge in [0.25, 0.3) is 5.91 Å². The van der Waals surface area contributed by atoms with Crippen LogP contribution in [0.25, 0.3) is 15.9 Å². The molecule has 1 amide bonds. The molecule has 1 aliphatic heterocycles. The van der Waals surface area contributed by atoms with Gasteiger partial charge >= 0.3 is 5.97 Å². The first-order valence-electron chi connectivity index (χ1n) is 15.7. The summed E-state index contributed by atoms with van der Waals surface area (Å²) < 4.78 is 7.56. The molecule has 0 saturated heterocycles. The lowest BCUT2D eigenvalue weighted by Gasteiger charge is -2.19.